The fourth-order valence-corrected chi connectivity index (χ4v) is 11.1. The van der Waals surface area contributed by atoms with Crippen LogP contribution in [0.15, 0.2) is 37.9 Å². The van der Waals surface area contributed by atoms with Gasteiger partial charge >= 0.3 is 0 Å². The van der Waals surface area contributed by atoms with Crippen molar-refractivity contribution in [3.8, 4) is 0 Å². The molecule has 5 fully saturated rings. The van der Waals surface area contributed by atoms with Gasteiger partial charge in [-0.2, -0.15) is 0 Å². The minimum atomic E-state index is -0.226. The van der Waals surface area contributed by atoms with E-state index in [1.54, 1.807) is 11.3 Å². The molecular weight excluding hydrogens is 840 g/mol. The van der Waals surface area contributed by atoms with Gasteiger partial charge in [-0.05, 0) is 159 Å². The van der Waals surface area contributed by atoms with Crippen LogP contribution in [0.4, 0.5) is 0 Å². The number of Topliss-reactive ketones (excluding diaryl/α,β-unsaturated/α-hetero) is 1. The molecule has 0 bridgehead atoms. The minimum absolute atomic E-state index is 0.0121. The molecule has 12 heteroatoms. The highest BCUT2D eigenvalue weighted by Crippen LogP contribution is 2.42. The van der Waals surface area contributed by atoms with E-state index < -0.39 is 0 Å². The Morgan fingerprint density at radius 1 is 0.815 bits per heavy atom. The molecule has 0 aromatic carbocycles. The van der Waals surface area contributed by atoms with Crippen LogP contribution in [0, 0.1) is 11.8 Å². The summed E-state index contributed by atoms with van der Waals surface area (Å²) in [5, 5.41) is 0. The van der Waals surface area contributed by atoms with E-state index in [-0.39, 0.29) is 67.7 Å². The molecule has 6 rings (SSSR count). The molecule has 0 N–H and O–H groups in total. The van der Waals surface area contributed by atoms with Crippen LogP contribution < -0.4 is 0 Å². The number of ether oxygens (including phenoxy) is 8. The third-order valence-electron chi connectivity index (χ3n) is 11.2. The van der Waals surface area contributed by atoms with Crippen molar-refractivity contribution in [2.45, 2.75) is 165 Å². The first-order valence-corrected chi connectivity index (χ1v) is 23.2. The lowest BCUT2D eigenvalue weighted by Gasteiger charge is -2.30. The second-order valence-electron chi connectivity index (χ2n) is 15.4. The summed E-state index contributed by atoms with van der Waals surface area (Å²) in [7, 11) is 0. The van der Waals surface area contributed by atoms with Crippen molar-refractivity contribution < 1.29 is 42.7 Å². The number of thiophene rings is 1. The molecule has 4 aliphatic heterocycles. The van der Waals surface area contributed by atoms with Gasteiger partial charge < -0.3 is 37.9 Å². The number of hydrogen-bond acceptors (Lipinski definition) is 10. The predicted molar refractivity (Wildman–Crippen MR) is 216 cm³/mol. The minimum Gasteiger partial charge on any atom is -0.353 e. The highest BCUT2D eigenvalue weighted by molar-refractivity contribution is 9.12. The number of rotatable bonds is 20. The quantitative estimate of drug-likeness (QED) is 0.0937. The smallest absolute Gasteiger partial charge is 0.158 e. The van der Waals surface area contributed by atoms with E-state index in [0.717, 1.165) is 150 Å². The van der Waals surface area contributed by atoms with E-state index in [2.05, 4.69) is 62.2 Å². The topological polar surface area (TPSA) is 90.9 Å². The first kappa shape index (κ1) is 43.1. The van der Waals surface area contributed by atoms with Gasteiger partial charge in [0.15, 0.2) is 30.9 Å². The molecule has 54 heavy (non-hydrogen) atoms. The SMILES string of the molecule is O=C(CCCC=CC[C@@H]1[C@@H](C=C[C@H](CCc2cc(Br)sc2Br)OC2CCCCO2)[C@H](OC2CCCCO2)C[C@@H]1OC1CCCCO1)COC1CCCCO1. The molecule has 0 spiro atoms. The van der Waals surface area contributed by atoms with Crippen LogP contribution in [0.25, 0.3) is 0 Å². The standard InChI is InChI=1S/C42H62Br2O9S/c43-37-27-30(42(44)54-37)19-20-32(51-39-16-6-10-24-47-39)21-22-34-33(14-4-2-1-3-13-31(45)29-50-38-15-5-9-23-46-38)35(52-40-17-7-11-25-48-40)28-36(34)53-41-18-8-12-26-49-41/h2,4,21-22,27,32-36,38-41H,1,3,5-20,23-26,28-29H2/t32-,33+,34+,35-,36+,38?,39?,40?,41?/m0/s1. The van der Waals surface area contributed by atoms with Crippen LogP contribution >= 0.6 is 43.2 Å². The Hall–Kier alpha value is -0.510. The highest BCUT2D eigenvalue weighted by atomic mass is 79.9. The van der Waals surface area contributed by atoms with Gasteiger partial charge in [0.05, 0.1) is 25.9 Å². The van der Waals surface area contributed by atoms with Crippen molar-refractivity contribution in [3.05, 3.63) is 43.5 Å². The zero-order valence-corrected chi connectivity index (χ0v) is 35.9. The fourth-order valence-electron chi connectivity index (χ4n) is 8.20. The molecule has 5 aliphatic rings. The van der Waals surface area contributed by atoms with Crippen molar-refractivity contribution in [2.75, 3.05) is 33.0 Å². The Labute approximate surface area is 343 Å². The summed E-state index contributed by atoms with van der Waals surface area (Å²) in [5.74, 6) is 0.435. The molecule has 5 heterocycles. The molecular formula is C42H62Br2O9S. The molecule has 1 aromatic heterocycles. The largest absolute Gasteiger partial charge is 0.353 e. The van der Waals surface area contributed by atoms with Crippen molar-refractivity contribution in [2.24, 2.45) is 11.8 Å². The number of carbonyl (C=O) groups is 1. The van der Waals surface area contributed by atoms with Gasteiger partial charge in [-0.25, -0.2) is 0 Å². The maximum Gasteiger partial charge on any atom is 0.158 e. The molecule has 1 aromatic rings. The third-order valence-corrected chi connectivity index (χ3v) is 13.7. The van der Waals surface area contributed by atoms with Crippen LogP contribution in [-0.2, 0) is 49.1 Å². The van der Waals surface area contributed by atoms with Crippen LogP contribution in [0.5, 0.6) is 0 Å². The molecule has 9 atom stereocenters. The lowest BCUT2D eigenvalue weighted by Crippen LogP contribution is -2.31. The Morgan fingerprint density at radius 2 is 1.44 bits per heavy atom. The molecule has 4 unspecified atom stereocenters. The Kier molecular flexibility index (Phi) is 19.0. The summed E-state index contributed by atoms with van der Waals surface area (Å²) in [4.78, 5) is 12.5. The maximum atomic E-state index is 12.5. The van der Waals surface area contributed by atoms with E-state index in [1.165, 1.54) is 5.56 Å². The Morgan fingerprint density at radius 3 is 2.06 bits per heavy atom. The first-order chi connectivity index (χ1) is 26.5. The van der Waals surface area contributed by atoms with Gasteiger partial charge in [0, 0.05) is 45.2 Å². The molecule has 0 radical (unpaired) electrons. The number of halogens is 2. The zero-order valence-electron chi connectivity index (χ0n) is 31.9. The average Bonchev–Trinajstić information content (AvgIpc) is 3.70. The lowest BCUT2D eigenvalue weighted by molar-refractivity contribution is -0.203. The number of aryl methyl sites for hydroxylation is 1. The van der Waals surface area contributed by atoms with Gasteiger partial charge in [0.2, 0.25) is 0 Å². The molecule has 4 saturated heterocycles. The molecule has 1 saturated carbocycles. The van der Waals surface area contributed by atoms with E-state index in [4.69, 9.17) is 37.9 Å². The predicted octanol–water partition coefficient (Wildman–Crippen LogP) is 10.4. The summed E-state index contributed by atoms with van der Waals surface area (Å²) >= 11 is 9.11. The summed E-state index contributed by atoms with van der Waals surface area (Å²) in [6.45, 7) is 3.10. The van der Waals surface area contributed by atoms with Crippen molar-refractivity contribution >= 4 is 49.0 Å². The summed E-state index contributed by atoms with van der Waals surface area (Å²) < 4.78 is 52.2. The maximum absolute atomic E-state index is 12.5. The number of hydrogen-bond donors (Lipinski definition) is 0. The van der Waals surface area contributed by atoms with Crippen LogP contribution in [-0.4, -0.2) is 82.3 Å². The second kappa shape index (κ2) is 23.8. The van der Waals surface area contributed by atoms with Gasteiger partial charge in [-0.3, -0.25) is 4.79 Å². The van der Waals surface area contributed by atoms with Gasteiger partial charge in [-0.15, -0.1) is 11.3 Å². The first-order valence-electron chi connectivity index (χ1n) is 20.8. The van der Waals surface area contributed by atoms with E-state index >= 15 is 0 Å². The fraction of sp³-hybridized carbons (Fsp3) is 0.786. The normalized spacial score (nSPS) is 31.7. The second-order valence-corrected chi connectivity index (χ2v) is 19.2. The van der Waals surface area contributed by atoms with Gasteiger partial charge in [0.25, 0.3) is 0 Å². The third kappa shape index (κ3) is 14.4. The Bertz CT molecular complexity index is 1280. The van der Waals surface area contributed by atoms with Gasteiger partial charge in [0.1, 0.15) is 6.61 Å². The van der Waals surface area contributed by atoms with Crippen LogP contribution in [0.3, 0.4) is 0 Å². The monoisotopic (exact) mass is 900 g/mol. The number of carbonyl (C=O) groups excluding carboxylic acids is 1. The van der Waals surface area contributed by atoms with Crippen molar-refractivity contribution in [1.29, 1.82) is 0 Å². The number of allylic oxidation sites excluding steroid dienone is 2. The molecule has 0 amide bonds. The average molecular weight is 903 g/mol. The van der Waals surface area contributed by atoms with Crippen LogP contribution in [0.1, 0.15) is 121 Å². The summed E-state index contributed by atoms with van der Waals surface area (Å²) in [6, 6.07) is 2.20. The van der Waals surface area contributed by atoms with E-state index in [0.29, 0.717) is 6.42 Å². The Balaban J connectivity index is 1.13. The zero-order chi connectivity index (χ0) is 37.4. The van der Waals surface area contributed by atoms with E-state index in [9.17, 15) is 4.79 Å². The van der Waals surface area contributed by atoms with Crippen molar-refractivity contribution in [3.63, 3.8) is 0 Å². The van der Waals surface area contributed by atoms with Crippen molar-refractivity contribution in [1.82, 2.24) is 0 Å². The summed E-state index contributed by atoms with van der Waals surface area (Å²) in [6.07, 6.45) is 26.2. The van der Waals surface area contributed by atoms with E-state index in [1.807, 2.05) is 0 Å². The molecule has 304 valence electrons. The lowest BCUT2D eigenvalue weighted by atomic mass is 9.89. The van der Waals surface area contributed by atoms with Crippen LogP contribution in [0.2, 0.25) is 0 Å². The molecule has 1 aliphatic carbocycles. The number of ketones is 1. The van der Waals surface area contributed by atoms with Gasteiger partial charge in [-0.1, -0.05) is 24.3 Å². The summed E-state index contributed by atoms with van der Waals surface area (Å²) in [5.41, 5.74) is 1.28. The highest BCUT2D eigenvalue weighted by Gasteiger charge is 2.45. The number of unbranched alkanes of at least 4 members (excludes halogenated alkanes) is 1. The molecule has 9 nitrogen and oxygen atoms in total.